The van der Waals surface area contributed by atoms with Crippen molar-refractivity contribution in [2.75, 3.05) is 18.1 Å². The largest absolute Gasteiger partial charge is 0.492 e. The molecule has 1 aromatic rings. The van der Waals surface area contributed by atoms with Crippen LogP contribution in [0.4, 0.5) is 0 Å². The molecule has 0 heterocycles. The number of hydrogen-bond donors (Lipinski definition) is 1. The molecule has 0 radical (unpaired) electrons. The lowest BCUT2D eigenvalue weighted by atomic mass is 10.1. The van der Waals surface area contributed by atoms with Gasteiger partial charge in [-0.05, 0) is 25.5 Å². The summed E-state index contributed by atoms with van der Waals surface area (Å²) < 4.78 is 28.2. The van der Waals surface area contributed by atoms with E-state index in [1.54, 1.807) is 26.0 Å². The first-order valence-electron chi connectivity index (χ1n) is 5.97. The van der Waals surface area contributed by atoms with Crippen LogP contribution in [0.2, 0.25) is 0 Å². The van der Waals surface area contributed by atoms with Crippen LogP contribution in [0.15, 0.2) is 18.2 Å². The molecule has 0 fully saturated rings. The molecule has 1 N–H and O–H groups in total. The van der Waals surface area contributed by atoms with Gasteiger partial charge < -0.3 is 9.84 Å². The zero-order chi connectivity index (χ0) is 13.8. The Morgan fingerprint density at radius 2 is 2.06 bits per heavy atom. The van der Waals surface area contributed by atoms with Gasteiger partial charge in [-0.3, -0.25) is 0 Å². The normalized spacial score (nSPS) is 13.3. The first kappa shape index (κ1) is 15.0. The van der Waals surface area contributed by atoms with Gasteiger partial charge in [0.15, 0.2) is 9.84 Å². The summed E-state index contributed by atoms with van der Waals surface area (Å²) in [5, 5.41) is 9.60. The number of rotatable bonds is 6. The second-order valence-electron chi connectivity index (χ2n) is 4.30. The molecule has 0 spiro atoms. The molecule has 1 aromatic carbocycles. The number of benzene rings is 1. The highest BCUT2D eigenvalue weighted by atomic mass is 32.2. The molecular weight excluding hydrogens is 252 g/mol. The predicted molar refractivity (Wildman–Crippen MR) is 71.6 cm³/mol. The van der Waals surface area contributed by atoms with E-state index in [-0.39, 0.29) is 18.1 Å². The zero-order valence-corrected chi connectivity index (χ0v) is 11.8. The Labute approximate surface area is 109 Å². The minimum absolute atomic E-state index is 0.00328. The summed E-state index contributed by atoms with van der Waals surface area (Å²) in [7, 11) is -3.02. The van der Waals surface area contributed by atoms with Crippen molar-refractivity contribution in [2.24, 2.45) is 0 Å². The second kappa shape index (κ2) is 6.20. The summed E-state index contributed by atoms with van der Waals surface area (Å²) in [5.74, 6) is 0.667. The average molecular weight is 272 g/mol. The highest BCUT2D eigenvalue weighted by molar-refractivity contribution is 7.91. The SMILES string of the molecule is CCS(=O)(=O)CCOc1cc(C)ccc1C(C)O. The summed E-state index contributed by atoms with van der Waals surface area (Å²) >= 11 is 0. The number of hydrogen-bond acceptors (Lipinski definition) is 4. The van der Waals surface area contributed by atoms with E-state index in [1.165, 1.54) is 0 Å². The zero-order valence-electron chi connectivity index (χ0n) is 11.0. The number of aliphatic hydroxyl groups is 1. The van der Waals surface area contributed by atoms with Crippen LogP contribution in [0.3, 0.4) is 0 Å². The van der Waals surface area contributed by atoms with Crippen LogP contribution >= 0.6 is 0 Å². The molecule has 0 saturated heterocycles. The summed E-state index contributed by atoms with van der Waals surface area (Å²) in [6.45, 7) is 5.30. The fourth-order valence-electron chi connectivity index (χ4n) is 1.53. The van der Waals surface area contributed by atoms with Crippen molar-refractivity contribution in [1.29, 1.82) is 0 Å². The van der Waals surface area contributed by atoms with Crippen LogP contribution in [0, 0.1) is 6.92 Å². The molecule has 1 rings (SSSR count). The van der Waals surface area contributed by atoms with Gasteiger partial charge in [-0.1, -0.05) is 19.1 Å². The summed E-state index contributed by atoms with van der Waals surface area (Å²) in [6.07, 6.45) is -0.636. The van der Waals surface area contributed by atoms with Gasteiger partial charge in [-0.15, -0.1) is 0 Å². The third-order valence-electron chi connectivity index (χ3n) is 2.71. The van der Waals surface area contributed by atoms with Crippen molar-refractivity contribution in [3.8, 4) is 5.75 Å². The monoisotopic (exact) mass is 272 g/mol. The Bertz CT molecular complexity index is 492. The summed E-state index contributed by atoms with van der Waals surface area (Å²) in [5.41, 5.74) is 1.68. The van der Waals surface area contributed by atoms with Crippen molar-refractivity contribution in [1.82, 2.24) is 0 Å². The van der Waals surface area contributed by atoms with Gasteiger partial charge in [0, 0.05) is 11.3 Å². The maximum atomic E-state index is 11.3. The molecule has 0 amide bonds. The van der Waals surface area contributed by atoms with Crippen molar-refractivity contribution in [2.45, 2.75) is 26.9 Å². The van der Waals surface area contributed by atoms with Gasteiger partial charge >= 0.3 is 0 Å². The quantitative estimate of drug-likeness (QED) is 0.858. The number of sulfone groups is 1. The smallest absolute Gasteiger partial charge is 0.153 e. The fourth-order valence-corrected chi connectivity index (χ4v) is 2.16. The fraction of sp³-hybridized carbons (Fsp3) is 0.538. The second-order valence-corrected chi connectivity index (χ2v) is 6.77. The van der Waals surface area contributed by atoms with E-state index in [0.717, 1.165) is 5.56 Å². The van der Waals surface area contributed by atoms with E-state index in [9.17, 15) is 13.5 Å². The van der Waals surface area contributed by atoms with Gasteiger partial charge in [-0.25, -0.2) is 8.42 Å². The third kappa shape index (κ3) is 4.31. The predicted octanol–water partition coefficient (Wildman–Crippen LogP) is 1.86. The molecular formula is C13H20O4S. The number of aliphatic hydroxyl groups excluding tert-OH is 1. The van der Waals surface area contributed by atoms with Crippen molar-refractivity contribution in [3.63, 3.8) is 0 Å². The molecule has 1 unspecified atom stereocenters. The Kier molecular flexibility index (Phi) is 5.16. The molecule has 5 heteroatoms. The Hall–Kier alpha value is -1.07. The van der Waals surface area contributed by atoms with E-state index in [1.807, 2.05) is 13.0 Å². The van der Waals surface area contributed by atoms with Crippen LogP contribution in [0.5, 0.6) is 5.75 Å². The van der Waals surface area contributed by atoms with Crippen LogP contribution in [-0.2, 0) is 9.84 Å². The average Bonchev–Trinajstić information content (AvgIpc) is 2.28. The molecule has 18 heavy (non-hydrogen) atoms. The highest BCUT2D eigenvalue weighted by Gasteiger charge is 2.11. The highest BCUT2D eigenvalue weighted by Crippen LogP contribution is 2.26. The van der Waals surface area contributed by atoms with Crippen LogP contribution in [0.1, 0.15) is 31.1 Å². The standard InChI is InChI=1S/C13H20O4S/c1-4-18(15,16)8-7-17-13-9-10(2)5-6-12(13)11(3)14/h5-6,9,11,14H,4,7-8H2,1-3H3. The molecule has 102 valence electrons. The molecule has 1 atom stereocenters. The Balaban J connectivity index is 2.75. The van der Waals surface area contributed by atoms with E-state index in [0.29, 0.717) is 11.3 Å². The maximum Gasteiger partial charge on any atom is 0.153 e. The lowest BCUT2D eigenvalue weighted by molar-refractivity contribution is 0.192. The number of aryl methyl sites for hydroxylation is 1. The molecule has 0 aromatic heterocycles. The molecule has 0 saturated carbocycles. The molecule has 0 aliphatic carbocycles. The Morgan fingerprint density at radius 1 is 1.39 bits per heavy atom. The topological polar surface area (TPSA) is 63.6 Å². The van der Waals surface area contributed by atoms with Gasteiger partial charge in [-0.2, -0.15) is 0 Å². The van der Waals surface area contributed by atoms with Crippen molar-refractivity contribution in [3.05, 3.63) is 29.3 Å². The minimum Gasteiger partial charge on any atom is -0.492 e. The van der Waals surface area contributed by atoms with E-state index < -0.39 is 15.9 Å². The number of ether oxygens (including phenoxy) is 1. The van der Waals surface area contributed by atoms with Gasteiger partial charge in [0.25, 0.3) is 0 Å². The van der Waals surface area contributed by atoms with Gasteiger partial charge in [0.1, 0.15) is 12.4 Å². The van der Waals surface area contributed by atoms with Crippen LogP contribution in [-0.4, -0.2) is 31.6 Å². The third-order valence-corrected chi connectivity index (χ3v) is 4.38. The van der Waals surface area contributed by atoms with Crippen LogP contribution in [0.25, 0.3) is 0 Å². The van der Waals surface area contributed by atoms with E-state index >= 15 is 0 Å². The van der Waals surface area contributed by atoms with Crippen molar-refractivity contribution < 1.29 is 18.3 Å². The lowest BCUT2D eigenvalue weighted by Gasteiger charge is -2.14. The Morgan fingerprint density at radius 3 is 2.61 bits per heavy atom. The summed E-state index contributed by atoms with van der Waals surface area (Å²) in [6, 6.07) is 5.49. The molecule has 4 nitrogen and oxygen atoms in total. The van der Waals surface area contributed by atoms with Crippen LogP contribution < -0.4 is 4.74 Å². The first-order chi connectivity index (χ1) is 8.35. The summed E-state index contributed by atoms with van der Waals surface area (Å²) in [4.78, 5) is 0. The van der Waals surface area contributed by atoms with Gasteiger partial charge in [0.2, 0.25) is 0 Å². The first-order valence-corrected chi connectivity index (χ1v) is 7.79. The van der Waals surface area contributed by atoms with Crippen molar-refractivity contribution >= 4 is 9.84 Å². The lowest BCUT2D eigenvalue weighted by Crippen LogP contribution is -2.16. The molecule has 0 bridgehead atoms. The van der Waals surface area contributed by atoms with E-state index in [4.69, 9.17) is 4.74 Å². The van der Waals surface area contributed by atoms with Gasteiger partial charge in [0.05, 0.1) is 11.9 Å². The van der Waals surface area contributed by atoms with E-state index in [2.05, 4.69) is 0 Å². The minimum atomic E-state index is -3.02. The molecule has 0 aliphatic rings. The maximum absolute atomic E-state index is 11.3. The molecule has 0 aliphatic heterocycles.